The lowest BCUT2D eigenvalue weighted by molar-refractivity contribution is 0.146. The molecule has 184 valence electrons. The first-order chi connectivity index (χ1) is 16.7. The van der Waals surface area contributed by atoms with Crippen molar-refractivity contribution in [1.29, 1.82) is 0 Å². The van der Waals surface area contributed by atoms with E-state index in [2.05, 4.69) is 27.1 Å². The van der Waals surface area contributed by atoms with Crippen LogP contribution in [-0.4, -0.2) is 34.2 Å². The zero-order chi connectivity index (χ0) is 24.7. The molecule has 1 saturated heterocycles. The topological polar surface area (TPSA) is 87.3 Å². The van der Waals surface area contributed by atoms with Crippen LogP contribution >= 0.6 is 0 Å². The first kappa shape index (κ1) is 23.6. The molecular weight excluding hydrogens is 455 g/mol. The fourth-order valence-corrected chi connectivity index (χ4v) is 4.85. The van der Waals surface area contributed by atoms with E-state index in [-0.39, 0.29) is 18.2 Å². The minimum Gasteiger partial charge on any atom is -0.385 e. The second-order valence-electron chi connectivity index (χ2n) is 9.70. The number of nitrogens with one attached hydrogen (secondary N) is 1. The lowest BCUT2D eigenvalue weighted by Gasteiger charge is -2.37. The largest absolute Gasteiger partial charge is 0.385 e. The Morgan fingerprint density at radius 2 is 1.89 bits per heavy atom. The highest BCUT2D eigenvalue weighted by atomic mass is 19.1. The molecule has 2 aliphatic rings. The summed E-state index contributed by atoms with van der Waals surface area (Å²) in [5.41, 5.74) is 5.98. The number of pyridine rings is 2. The Kier molecular flexibility index (Phi) is 6.14. The molecule has 1 aliphatic carbocycles. The lowest BCUT2D eigenvalue weighted by Crippen LogP contribution is -2.46. The Bertz CT molecular complexity index is 1240. The maximum Gasteiger partial charge on any atom is 0.149 e. The van der Waals surface area contributed by atoms with Crippen LogP contribution in [0.25, 0.3) is 11.3 Å². The summed E-state index contributed by atoms with van der Waals surface area (Å²) in [6.07, 6.45) is 5.14. The van der Waals surface area contributed by atoms with Gasteiger partial charge in [0.2, 0.25) is 0 Å². The van der Waals surface area contributed by atoms with Crippen molar-refractivity contribution in [3.63, 3.8) is 0 Å². The Morgan fingerprint density at radius 3 is 2.63 bits per heavy atom. The van der Waals surface area contributed by atoms with Crippen molar-refractivity contribution in [3.8, 4) is 11.3 Å². The van der Waals surface area contributed by atoms with E-state index in [0.717, 1.165) is 43.0 Å². The SMILES string of the molecule is CC1CC(N)CN(c2ccncc2NCc2ccc(F)c(-c3c(F)ccc(C4(O)CC4)c3F)n2)C1. The highest BCUT2D eigenvalue weighted by Gasteiger charge is 2.45. The maximum atomic E-state index is 15.2. The van der Waals surface area contributed by atoms with Gasteiger partial charge in [-0.15, -0.1) is 0 Å². The van der Waals surface area contributed by atoms with Gasteiger partial charge in [-0.25, -0.2) is 18.2 Å². The maximum absolute atomic E-state index is 15.2. The molecule has 2 aromatic heterocycles. The van der Waals surface area contributed by atoms with Gasteiger partial charge in [0.25, 0.3) is 0 Å². The van der Waals surface area contributed by atoms with Crippen LogP contribution in [0.3, 0.4) is 0 Å². The molecule has 0 spiro atoms. The number of nitrogens with two attached hydrogens (primary N) is 1. The summed E-state index contributed by atoms with van der Waals surface area (Å²) in [6.45, 7) is 3.95. The average Bonchev–Trinajstić information content (AvgIpc) is 3.56. The van der Waals surface area contributed by atoms with Crippen molar-refractivity contribution in [2.24, 2.45) is 11.7 Å². The lowest BCUT2D eigenvalue weighted by atomic mass is 9.96. The van der Waals surface area contributed by atoms with E-state index in [1.165, 1.54) is 12.1 Å². The molecule has 2 atom stereocenters. The first-order valence-electron chi connectivity index (χ1n) is 11.8. The van der Waals surface area contributed by atoms with E-state index >= 15 is 4.39 Å². The van der Waals surface area contributed by atoms with Gasteiger partial charge in [-0.2, -0.15) is 0 Å². The summed E-state index contributed by atoms with van der Waals surface area (Å²) in [6, 6.07) is 6.86. The summed E-state index contributed by atoms with van der Waals surface area (Å²) in [5, 5.41) is 13.6. The molecule has 2 unspecified atom stereocenters. The van der Waals surface area contributed by atoms with Crippen LogP contribution < -0.4 is 16.0 Å². The van der Waals surface area contributed by atoms with Crippen LogP contribution in [0.4, 0.5) is 24.5 Å². The second kappa shape index (κ2) is 9.13. The van der Waals surface area contributed by atoms with Crippen LogP contribution in [-0.2, 0) is 12.1 Å². The van der Waals surface area contributed by atoms with Gasteiger partial charge in [-0.05, 0) is 49.4 Å². The molecule has 0 bridgehead atoms. The number of anilines is 2. The number of halogens is 3. The number of aliphatic hydroxyl groups is 1. The van der Waals surface area contributed by atoms with E-state index < -0.39 is 34.3 Å². The third-order valence-corrected chi connectivity index (χ3v) is 6.75. The molecule has 35 heavy (non-hydrogen) atoms. The monoisotopic (exact) mass is 483 g/mol. The molecule has 4 N–H and O–H groups in total. The first-order valence-corrected chi connectivity index (χ1v) is 11.8. The van der Waals surface area contributed by atoms with Gasteiger partial charge in [0.1, 0.15) is 23.1 Å². The molecule has 1 aromatic carbocycles. The summed E-state index contributed by atoms with van der Waals surface area (Å²) < 4.78 is 44.5. The second-order valence-corrected chi connectivity index (χ2v) is 9.70. The van der Waals surface area contributed by atoms with Gasteiger partial charge in [0, 0.05) is 30.9 Å². The summed E-state index contributed by atoms with van der Waals surface area (Å²) in [5.74, 6) is -2.30. The van der Waals surface area contributed by atoms with Gasteiger partial charge in [0.15, 0.2) is 0 Å². The molecule has 9 heteroatoms. The number of hydrogen-bond donors (Lipinski definition) is 3. The van der Waals surface area contributed by atoms with Gasteiger partial charge >= 0.3 is 0 Å². The standard InChI is InChI=1S/C26H28F3N5O/c1-15-10-16(30)14-34(13-15)22-6-9-31-12-21(22)32-11-17-2-4-20(28)25(33-17)23-19(27)5-3-18(24(23)29)26(35)7-8-26/h2-6,9,12,15-16,32,35H,7-8,10-11,13-14,30H2,1H3. The van der Waals surface area contributed by atoms with E-state index in [9.17, 15) is 13.9 Å². The average molecular weight is 484 g/mol. The van der Waals surface area contributed by atoms with E-state index in [1.54, 1.807) is 12.4 Å². The molecule has 0 radical (unpaired) electrons. The van der Waals surface area contributed by atoms with Crippen LogP contribution in [0.5, 0.6) is 0 Å². The number of nitrogens with zero attached hydrogens (tertiary/aromatic N) is 3. The summed E-state index contributed by atoms with van der Waals surface area (Å²) in [4.78, 5) is 10.7. The van der Waals surface area contributed by atoms with Crippen LogP contribution in [0.15, 0.2) is 42.7 Å². The fourth-order valence-electron chi connectivity index (χ4n) is 4.85. The Morgan fingerprint density at radius 1 is 1.11 bits per heavy atom. The van der Waals surface area contributed by atoms with Crippen molar-refractivity contribution in [1.82, 2.24) is 9.97 Å². The Labute approximate surface area is 202 Å². The van der Waals surface area contributed by atoms with Crippen molar-refractivity contribution in [2.45, 2.75) is 44.4 Å². The third kappa shape index (κ3) is 4.70. The highest BCUT2D eigenvalue weighted by Crippen LogP contribution is 2.48. The van der Waals surface area contributed by atoms with Crippen molar-refractivity contribution in [3.05, 3.63) is 71.4 Å². The normalized spacial score (nSPS) is 21.1. The Hall–Kier alpha value is -3.17. The number of hydrogen-bond acceptors (Lipinski definition) is 6. The van der Waals surface area contributed by atoms with Crippen LogP contribution in [0, 0.1) is 23.4 Å². The highest BCUT2D eigenvalue weighted by molar-refractivity contribution is 5.69. The molecule has 0 amide bonds. The van der Waals surface area contributed by atoms with Gasteiger partial charge in [0.05, 0.1) is 41.0 Å². The van der Waals surface area contributed by atoms with Crippen molar-refractivity contribution >= 4 is 11.4 Å². The van der Waals surface area contributed by atoms with Gasteiger partial charge in [-0.1, -0.05) is 13.0 Å². The summed E-state index contributed by atoms with van der Waals surface area (Å²) >= 11 is 0. The molecule has 5 rings (SSSR count). The molecule has 6 nitrogen and oxygen atoms in total. The number of benzene rings is 1. The predicted octanol–water partition coefficient (Wildman–Crippen LogP) is 4.33. The Balaban J connectivity index is 1.41. The van der Waals surface area contributed by atoms with Gasteiger partial charge < -0.3 is 21.1 Å². The molecule has 2 fully saturated rings. The molecule has 3 aromatic rings. The summed E-state index contributed by atoms with van der Waals surface area (Å²) in [7, 11) is 0. The molecular formula is C26H28F3N5O. The van der Waals surface area contributed by atoms with Crippen LogP contribution in [0.1, 0.15) is 37.4 Å². The predicted molar refractivity (Wildman–Crippen MR) is 128 cm³/mol. The molecule has 1 aliphatic heterocycles. The van der Waals surface area contributed by atoms with E-state index in [0.29, 0.717) is 24.5 Å². The van der Waals surface area contributed by atoms with E-state index in [4.69, 9.17) is 5.73 Å². The fraction of sp³-hybridized carbons (Fsp3) is 0.385. The van der Waals surface area contributed by atoms with Crippen LogP contribution in [0.2, 0.25) is 0 Å². The van der Waals surface area contributed by atoms with E-state index in [1.807, 2.05) is 6.07 Å². The molecule has 3 heterocycles. The number of piperidine rings is 1. The number of aromatic nitrogens is 2. The zero-order valence-corrected chi connectivity index (χ0v) is 19.4. The van der Waals surface area contributed by atoms with Gasteiger partial charge in [-0.3, -0.25) is 4.98 Å². The minimum absolute atomic E-state index is 0.0346. The van der Waals surface area contributed by atoms with Crippen molar-refractivity contribution in [2.75, 3.05) is 23.3 Å². The quantitative estimate of drug-likeness (QED) is 0.484. The molecule has 1 saturated carbocycles. The zero-order valence-electron chi connectivity index (χ0n) is 19.4. The van der Waals surface area contributed by atoms with Crippen molar-refractivity contribution < 1.29 is 18.3 Å². The third-order valence-electron chi connectivity index (χ3n) is 6.75. The number of rotatable bonds is 6. The smallest absolute Gasteiger partial charge is 0.149 e. The minimum atomic E-state index is -1.33.